The van der Waals surface area contributed by atoms with Crippen molar-refractivity contribution in [3.05, 3.63) is 35.4 Å². The van der Waals surface area contributed by atoms with Crippen LogP contribution in [-0.2, 0) is 6.42 Å². The van der Waals surface area contributed by atoms with Crippen LogP contribution >= 0.6 is 0 Å². The van der Waals surface area contributed by atoms with Crippen LogP contribution in [0.3, 0.4) is 0 Å². The summed E-state index contributed by atoms with van der Waals surface area (Å²) in [6.45, 7) is 8.25. The highest BCUT2D eigenvalue weighted by molar-refractivity contribution is 5.34. The third-order valence-corrected chi connectivity index (χ3v) is 5.61. The van der Waals surface area contributed by atoms with E-state index in [1.807, 2.05) is 0 Å². The van der Waals surface area contributed by atoms with Crippen molar-refractivity contribution in [2.45, 2.75) is 44.3 Å². The Labute approximate surface area is 129 Å². The van der Waals surface area contributed by atoms with Crippen molar-refractivity contribution < 1.29 is 0 Å². The topological polar surface area (TPSA) is 18.5 Å². The fraction of sp³-hybridized carbons (Fsp3) is 0.667. The van der Waals surface area contributed by atoms with Crippen LogP contribution < -0.4 is 5.32 Å². The zero-order valence-corrected chi connectivity index (χ0v) is 13.9. The summed E-state index contributed by atoms with van der Waals surface area (Å²) in [6, 6.07) is 10.0. The molecule has 0 spiro atoms. The van der Waals surface area contributed by atoms with E-state index in [-0.39, 0.29) is 5.54 Å². The van der Waals surface area contributed by atoms with Gasteiger partial charge in [0.2, 0.25) is 0 Å². The second-order valence-corrected chi connectivity index (χ2v) is 7.28. The molecule has 0 aromatic heterocycles. The molecule has 1 aromatic rings. The molecular weight excluding hydrogens is 258 g/mol. The lowest BCUT2D eigenvalue weighted by atomic mass is 9.82. The van der Waals surface area contributed by atoms with Gasteiger partial charge in [-0.2, -0.15) is 0 Å². The van der Waals surface area contributed by atoms with Crippen LogP contribution in [0, 0.1) is 0 Å². The highest BCUT2D eigenvalue weighted by atomic mass is 15.3. The molecule has 1 aliphatic carbocycles. The molecule has 21 heavy (non-hydrogen) atoms. The quantitative estimate of drug-likeness (QED) is 0.900. The largest absolute Gasteiger partial charge is 0.312 e. The van der Waals surface area contributed by atoms with Crippen LogP contribution in [0.4, 0.5) is 0 Å². The van der Waals surface area contributed by atoms with E-state index in [1.165, 1.54) is 37.1 Å². The van der Waals surface area contributed by atoms with Gasteiger partial charge in [-0.05, 0) is 51.9 Å². The fourth-order valence-corrected chi connectivity index (χ4v) is 4.04. The summed E-state index contributed by atoms with van der Waals surface area (Å²) >= 11 is 0. The van der Waals surface area contributed by atoms with Crippen molar-refractivity contribution in [3.8, 4) is 0 Å². The van der Waals surface area contributed by atoms with Crippen molar-refractivity contribution in [2.24, 2.45) is 0 Å². The lowest BCUT2D eigenvalue weighted by molar-refractivity contribution is 0.00359. The van der Waals surface area contributed by atoms with E-state index < -0.39 is 0 Å². The Balaban J connectivity index is 1.83. The summed E-state index contributed by atoms with van der Waals surface area (Å²) in [7, 11) is 4.37. The van der Waals surface area contributed by atoms with E-state index >= 15 is 0 Å². The average molecular weight is 287 g/mol. The Bertz CT molecular complexity index is 497. The van der Waals surface area contributed by atoms with Gasteiger partial charge in [-0.15, -0.1) is 0 Å². The van der Waals surface area contributed by atoms with Gasteiger partial charge in [0.15, 0.2) is 0 Å². The summed E-state index contributed by atoms with van der Waals surface area (Å²) in [5, 5.41) is 3.59. The lowest BCUT2D eigenvalue weighted by Crippen LogP contribution is -2.61. The van der Waals surface area contributed by atoms with Gasteiger partial charge in [-0.25, -0.2) is 0 Å². The van der Waals surface area contributed by atoms with Crippen molar-refractivity contribution in [1.29, 1.82) is 0 Å². The molecule has 3 rings (SSSR count). The second-order valence-electron chi connectivity index (χ2n) is 7.28. The van der Waals surface area contributed by atoms with Gasteiger partial charge in [0.05, 0.1) is 0 Å². The first-order valence-corrected chi connectivity index (χ1v) is 8.23. The minimum Gasteiger partial charge on any atom is -0.312 e. The van der Waals surface area contributed by atoms with E-state index in [4.69, 9.17) is 0 Å². The molecular formula is C18H29N3. The van der Waals surface area contributed by atoms with E-state index in [0.717, 1.165) is 6.54 Å². The molecule has 3 nitrogen and oxygen atoms in total. The van der Waals surface area contributed by atoms with Gasteiger partial charge in [0, 0.05) is 37.3 Å². The second kappa shape index (κ2) is 5.71. The fourth-order valence-electron chi connectivity index (χ4n) is 4.04. The molecule has 1 saturated heterocycles. The maximum Gasteiger partial charge on any atom is 0.0478 e. The minimum atomic E-state index is 0.271. The SMILES string of the molecule is CNC1c2ccccc2CCC1N1CCN(C)C(C)(C)C1. The average Bonchev–Trinajstić information content (AvgIpc) is 2.48. The molecule has 1 aliphatic heterocycles. The smallest absolute Gasteiger partial charge is 0.0478 e. The first kappa shape index (κ1) is 15.0. The van der Waals surface area contributed by atoms with Gasteiger partial charge in [-0.3, -0.25) is 9.80 Å². The molecule has 1 fully saturated rings. The number of hydrogen-bond donors (Lipinski definition) is 1. The standard InChI is InChI=1S/C18H29N3/c1-18(2)13-21(12-11-20(18)4)16-10-9-14-7-5-6-8-15(14)17(16)19-3/h5-8,16-17,19H,9-13H2,1-4H3. The maximum absolute atomic E-state index is 3.59. The molecule has 0 amide bonds. The zero-order chi connectivity index (χ0) is 15.0. The molecule has 2 aliphatic rings. The summed E-state index contributed by atoms with van der Waals surface area (Å²) < 4.78 is 0. The van der Waals surface area contributed by atoms with Crippen LogP contribution in [0.25, 0.3) is 0 Å². The van der Waals surface area contributed by atoms with Crippen LogP contribution in [0.1, 0.15) is 37.4 Å². The van der Waals surface area contributed by atoms with E-state index in [9.17, 15) is 0 Å². The molecule has 1 N–H and O–H groups in total. The first-order chi connectivity index (χ1) is 10.0. The normalized spacial score (nSPS) is 30.1. The van der Waals surface area contributed by atoms with Gasteiger partial charge in [-0.1, -0.05) is 24.3 Å². The number of benzene rings is 1. The molecule has 2 unspecified atom stereocenters. The predicted octanol–water partition coefficient (Wildman–Crippen LogP) is 2.29. The molecule has 0 bridgehead atoms. The molecule has 1 heterocycles. The Kier molecular flexibility index (Phi) is 4.08. The van der Waals surface area contributed by atoms with Gasteiger partial charge in [0.1, 0.15) is 0 Å². The van der Waals surface area contributed by atoms with Crippen molar-refractivity contribution in [2.75, 3.05) is 33.7 Å². The van der Waals surface area contributed by atoms with E-state index in [0.29, 0.717) is 12.1 Å². The first-order valence-electron chi connectivity index (χ1n) is 8.23. The third kappa shape index (κ3) is 2.75. The number of rotatable bonds is 2. The monoisotopic (exact) mass is 287 g/mol. The van der Waals surface area contributed by atoms with E-state index in [1.54, 1.807) is 0 Å². The van der Waals surface area contributed by atoms with Gasteiger partial charge >= 0.3 is 0 Å². The molecule has 2 atom stereocenters. The number of nitrogens with zero attached hydrogens (tertiary/aromatic N) is 2. The number of aryl methyl sites for hydroxylation is 1. The van der Waals surface area contributed by atoms with Crippen molar-refractivity contribution >= 4 is 0 Å². The summed E-state index contributed by atoms with van der Waals surface area (Å²) in [4.78, 5) is 5.21. The lowest BCUT2D eigenvalue weighted by Gasteiger charge is -2.50. The molecule has 116 valence electrons. The Morgan fingerprint density at radius 1 is 1.19 bits per heavy atom. The summed E-state index contributed by atoms with van der Waals surface area (Å²) in [5.41, 5.74) is 3.31. The predicted molar refractivity (Wildman–Crippen MR) is 88.6 cm³/mol. The number of nitrogens with one attached hydrogen (secondary N) is 1. The third-order valence-electron chi connectivity index (χ3n) is 5.61. The number of hydrogen-bond acceptors (Lipinski definition) is 3. The highest BCUT2D eigenvalue weighted by Crippen LogP contribution is 2.34. The van der Waals surface area contributed by atoms with Crippen molar-refractivity contribution in [3.63, 3.8) is 0 Å². The van der Waals surface area contributed by atoms with Gasteiger partial charge < -0.3 is 5.32 Å². The number of piperazine rings is 1. The number of fused-ring (bicyclic) bond motifs is 1. The van der Waals surface area contributed by atoms with Crippen LogP contribution in [0.2, 0.25) is 0 Å². The Morgan fingerprint density at radius 3 is 2.67 bits per heavy atom. The molecule has 0 saturated carbocycles. The zero-order valence-electron chi connectivity index (χ0n) is 13.9. The van der Waals surface area contributed by atoms with E-state index in [2.05, 4.69) is 67.3 Å². The maximum atomic E-state index is 3.59. The van der Waals surface area contributed by atoms with Crippen LogP contribution in [0.5, 0.6) is 0 Å². The Hall–Kier alpha value is -0.900. The van der Waals surface area contributed by atoms with Crippen molar-refractivity contribution in [1.82, 2.24) is 15.1 Å². The molecule has 0 radical (unpaired) electrons. The molecule has 3 heteroatoms. The van der Waals surface area contributed by atoms with Crippen LogP contribution in [0.15, 0.2) is 24.3 Å². The summed E-state index contributed by atoms with van der Waals surface area (Å²) in [5.74, 6) is 0. The minimum absolute atomic E-state index is 0.271. The number of likely N-dealkylation sites (N-methyl/N-ethyl adjacent to an activating group) is 2. The summed E-state index contributed by atoms with van der Waals surface area (Å²) in [6.07, 6.45) is 2.48. The highest BCUT2D eigenvalue weighted by Gasteiger charge is 2.38. The Morgan fingerprint density at radius 2 is 1.95 bits per heavy atom. The molecule has 1 aromatic carbocycles. The van der Waals surface area contributed by atoms with Gasteiger partial charge in [0.25, 0.3) is 0 Å². The van der Waals surface area contributed by atoms with Crippen LogP contribution in [-0.4, -0.2) is 55.1 Å².